The van der Waals surface area contributed by atoms with E-state index < -0.39 is 10.8 Å². The lowest BCUT2D eigenvalue weighted by atomic mass is 9.96. The van der Waals surface area contributed by atoms with E-state index in [2.05, 4.69) is 21.3 Å². The van der Waals surface area contributed by atoms with E-state index in [1.807, 2.05) is 77.9 Å². The third-order valence-electron chi connectivity index (χ3n) is 4.23. The zero-order valence-corrected chi connectivity index (χ0v) is 19.7. The monoisotopic (exact) mass is 444 g/mol. The van der Waals surface area contributed by atoms with E-state index in [0.717, 1.165) is 22.1 Å². The minimum Gasteiger partial charge on any atom is -0.332 e. The van der Waals surface area contributed by atoms with Crippen LogP contribution in [0.1, 0.15) is 41.5 Å². The first-order valence-corrected chi connectivity index (χ1v) is 10.4. The van der Waals surface area contributed by atoms with Gasteiger partial charge < -0.3 is 21.3 Å². The molecule has 0 heterocycles. The summed E-state index contributed by atoms with van der Waals surface area (Å²) >= 11 is 10.6. The van der Waals surface area contributed by atoms with Gasteiger partial charge in [0.05, 0.1) is 0 Å². The van der Waals surface area contributed by atoms with Crippen molar-refractivity contribution in [1.29, 1.82) is 0 Å². The van der Waals surface area contributed by atoms with Crippen molar-refractivity contribution in [2.75, 3.05) is 10.6 Å². The molecule has 0 aliphatic rings. The average Bonchev–Trinajstić information content (AvgIpc) is 2.60. The number of amides is 2. The largest absolute Gasteiger partial charge is 0.332 e. The van der Waals surface area contributed by atoms with Crippen molar-refractivity contribution in [3.63, 3.8) is 0 Å². The Hall–Kier alpha value is -2.58. The summed E-state index contributed by atoms with van der Waals surface area (Å²) in [6, 6.07) is 11.4. The Morgan fingerprint density at radius 3 is 1.30 bits per heavy atom. The van der Waals surface area contributed by atoms with Gasteiger partial charge in [-0.1, -0.05) is 65.8 Å². The Morgan fingerprint density at radius 1 is 0.667 bits per heavy atom. The van der Waals surface area contributed by atoms with Crippen LogP contribution in [0, 0.1) is 10.8 Å². The molecule has 6 nitrogen and oxygen atoms in total. The Bertz CT molecular complexity index is 923. The fraction of sp³-hybridized carbons (Fsp3) is 0.364. The Kier molecular flexibility index (Phi) is 7.15. The molecule has 2 aromatic rings. The number of fused-ring (bicyclic) bond motifs is 1. The van der Waals surface area contributed by atoms with Gasteiger partial charge in [0.2, 0.25) is 11.8 Å². The highest BCUT2D eigenvalue weighted by molar-refractivity contribution is 7.80. The van der Waals surface area contributed by atoms with Crippen LogP contribution in [0.4, 0.5) is 11.4 Å². The van der Waals surface area contributed by atoms with Crippen LogP contribution in [0.3, 0.4) is 0 Å². The summed E-state index contributed by atoms with van der Waals surface area (Å²) in [7, 11) is 0. The first-order valence-electron chi connectivity index (χ1n) is 9.55. The molecule has 0 saturated carbocycles. The third-order valence-corrected chi connectivity index (χ3v) is 4.64. The maximum Gasteiger partial charge on any atom is 0.231 e. The standard InChI is InChI=1S/C22H28N4O2S2/c1-21(2,3)17(27)25-19(29)23-15-11-7-10-14-13(15)9-8-12-16(14)24-20(30)26-18(28)22(4,5)6/h7-12H,1-6H3,(H2,23,25,27,29)(H2,24,26,28,30). The number of hydrogen-bond donors (Lipinski definition) is 4. The van der Waals surface area contributed by atoms with E-state index in [-0.39, 0.29) is 22.0 Å². The van der Waals surface area contributed by atoms with E-state index in [1.54, 1.807) is 0 Å². The Morgan fingerprint density at radius 2 is 1.00 bits per heavy atom. The van der Waals surface area contributed by atoms with E-state index in [9.17, 15) is 9.59 Å². The second-order valence-corrected chi connectivity index (χ2v) is 9.84. The van der Waals surface area contributed by atoms with Gasteiger partial charge in [0.25, 0.3) is 0 Å². The number of nitrogens with one attached hydrogen (secondary N) is 4. The number of benzene rings is 2. The Balaban J connectivity index is 2.22. The summed E-state index contributed by atoms with van der Waals surface area (Å²) in [6.07, 6.45) is 0. The van der Waals surface area contributed by atoms with Crippen LogP contribution >= 0.6 is 24.4 Å². The molecular weight excluding hydrogens is 416 g/mol. The van der Waals surface area contributed by atoms with Crippen molar-refractivity contribution in [3.05, 3.63) is 36.4 Å². The topological polar surface area (TPSA) is 82.3 Å². The molecule has 0 aliphatic carbocycles. The first kappa shape index (κ1) is 23.7. The van der Waals surface area contributed by atoms with E-state index >= 15 is 0 Å². The second-order valence-electron chi connectivity index (χ2n) is 9.02. The number of rotatable bonds is 2. The highest BCUT2D eigenvalue weighted by Gasteiger charge is 2.23. The summed E-state index contributed by atoms with van der Waals surface area (Å²) in [5, 5.41) is 13.8. The average molecular weight is 445 g/mol. The Labute approximate surface area is 188 Å². The molecule has 0 saturated heterocycles. The summed E-state index contributed by atoms with van der Waals surface area (Å²) in [4.78, 5) is 24.3. The molecule has 0 aromatic heterocycles. The molecule has 4 N–H and O–H groups in total. The molecule has 0 bridgehead atoms. The normalized spacial score (nSPS) is 11.5. The summed E-state index contributed by atoms with van der Waals surface area (Å²) in [5.41, 5.74) is 0.406. The fourth-order valence-electron chi connectivity index (χ4n) is 2.42. The number of thiocarbonyl (C=S) groups is 2. The van der Waals surface area contributed by atoms with Gasteiger partial charge in [-0.25, -0.2) is 0 Å². The third kappa shape index (κ3) is 6.21. The minimum absolute atomic E-state index is 0.164. The van der Waals surface area contributed by atoms with Crippen LogP contribution in [0.25, 0.3) is 10.8 Å². The molecule has 0 spiro atoms. The van der Waals surface area contributed by atoms with Crippen LogP contribution in [0.2, 0.25) is 0 Å². The molecule has 2 aromatic carbocycles. The maximum absolute atomic E-state index is 12.2. The van der Waals surface area contributed by atoms with Crippen molar-refractivity contribution in [2.45, 2.75) is 41.5 Å². The molecule has 0 atom stereocenters. The quantitative estimate of drug-likeness (QED) is 0.509. The smallest absolute Gasteiger partial charge is 0.231 e. The van der Waals surface area contributed by atoms with E-state index in [1.165, 1.54) is 0 Å². The first-order chi connectivity index (χ1) is 13.8. The molecule has 8 heteroatoms. The highest BCUT2D eigenvalue weighted by Crippen LogP contribution is 2.29. The summed E-state index contributed by atoms with van der Waals surface area (Å²) in [6.45, 7) is 10.9. The SMILES string of the molecule is CC(C)(C)C(=O)NC(=S)Nc1cccc2c(NC(=S)NC(=O)C(C)(C)C)cccc12. The predicted octanol–water partition coefficient (Wildman–Crippen LogP) is 4.56. The maximum atomic E-state index is 12.2. The van der Waals surface area contributed by atoms with Crippen LogP contribution in [-0.2, 0) is 9.59 Å². The zero-order valence-electron chi connectivity index (χ0n) is 18.1. The lowest BCUT2D eigenvalue weighted by Gasteiger charge is -2.20. The number of carbonyl (C=O) groups is 2. The van der Waals surface area contributed by atoms with Crippen LogP contribution in [0.5, 0.6) is 0 Å². The van der Waals surface area contributed by atoms with Gasteiger partial charge in [-0.15, -0.1) is 0 Å². The molecule has 0 radical (unpaired) electrons. The molecule has 160 valence electrons. The summed E-state index contributed by atoms with van der Waals surface area (Å²) < 4.78 is 0. The highest BCUT2D eigenvalue weighted by atomic mass is 32.1. The van der Waals surface area contributed by atoms with Crippen LogP contribution in [0.15, 0.2) is 36.4 Å². The van der Waals surface area contributed by atoms with Gasteiger partial charge in [-0.3, -0.25) is 9.59 Å². The van der Waals surface area contributed by atoms with Crippen LogP contribution < -0.4 is 21.3 Å². The number of anilines is 2. The van der Waals surface area contributed by atoms with Crippen LogP contribution in [-0.4, -0.2) is 22.0 Å². The lowest BCUT2D eigenvalue weighted by Crippen LogP contribution is -2.41. The van der Waals surface area contributed by atoms with Crippen molar-refractivity contribution in [3.8, 4) is 0 Å². The molecule has 2 rings (SSSR count). The van der Waals surface area contributed by atoms with Gasteiger partial charge in [0, 0.05) is 33.0 Å². The van der Waals surface area contributed by atoms with Crippen molar-refractivity contribution < 1.29 is 9.59 Å². The minimum atomic E-state index is -0.547. The number of hydrogen-bond acceptors (Lipinski definition) is 4. The molecule has 30 heavy (non-hydrogen) atoms. The van der Waals surface area contributed by atoms with Gasteiger partial charge in [0.15, 0.2) is 10.2 Å². The van der Waals surface area contributed by atoms with Crippen molar-refractivity contribution in [1.82, 2.24) is 10.6 Å². The van der Waals surface area contributed by atoms with Gasteiger partial charge >= 0.3 is 0 Å². The van der Waals surface area contributed by atoms with Crippen molar-refractivity contribution in [2.24, 2.45) is 10.8 Å². The molecule has 0 aliphatic heterocycles. The lowest BCUT2D eigenvalue weighted by molar-refractivity contribution is -0.127. The molecule has 0 fully saturated rings. The van der Waals surface area contributed by atoms with E-state index in [4.69, 9.17) is 24.4 Å². The second kappa shape index (κ2) is 9.06. The molecule has 0 unspecified atom stereocenters. The predicted molar refractivity (Wildman–Crippen MR) is 132 cm³/mol. The fourth-order valence-corrected chi connectivity index (χ4v) is 2.82. The number of carbonyl (C=O) groups excluding carboxylic acids is 2. The van der Waals surface area contributed by atoms with Crippen molar-refractivity contribution >= 4 is 68.6 Å². The molecule has 2 amide bonds. The van der Waals surface area contributed by atoms with Gasteiger partial charge in [-0.05, 0) is 36.6 Å². The zero-order chi connectivity index (χ0) is 22.7. The van der Waals surface area contributed by atoms with Gasteiger partial charge in [-0.2, -0.15) is 0 Å². The van der Waals surface area contributed by atoms with E-state index in [0.29, 0.717) is 0 Å². The van der Waals surface area contributed by atoms with Gasteiger partial charge in [0.1, 0.15) is 0 Å². The summed E-state index contributed by atoms with van der Waals surface area (Å²) in [5.74, 6) is -0.329. The molecular formula is C22H28N4O2S2.